The van der Waals surface area contributed by atoms with Crippen LogP contribution in [-0.2, 0) is 0 Å². The third kappa shape index (κ3) is 2.95. The third-order valence-electron chi connectivity index (χ3n) is 2.50. The number of hydrogen-bond donors (Lipinski definition) is 1. The highest BCUT2D eigenvalue weighted by Gasteiger charge is 2.09. The Morgan fingerprint density at radius 3 is 2.58 bits per heavy atom. The van der Waals surface area contributed by atoms with Crippen LogP contribution in [0, 0.1) is 0 Å². The van der Waals surface area contributed by atoms with Crippen LogP contribution >= 0.6 is 0 Å². The molecule has 1 heterocycles. The van der Waals surface area contributed by atoms with Gasteiger partial charge in [0.2, 0.25) is 0 Å². The second kappa shape index (κ2) is 5.33. The van der Waals surface area contributed by atoms with E-state index in [0.717, 1.165) is 13.1 Å². The second-order valence-electron chi connectivity index (χ2n) is 3.33. The van der Waals surface area contributed by atoms with Gasteiger partial charge in [-0.2, -0.15) is 0 Å². The first-order chi connectivity index (χ1) is 5.86. The first-order valence-electron chi connectivity index (χ1n) is 4.94. The molecule has 2 heteroatoms. The van der Waals surface area contributed by atoms with Crippen LogP contribution < -0.4 is 5.32 Å². The molecule has 1 fully saturated rings. The van der Waals surface area contributed by atoms with Crippen LogP contribution in [0.5, 0.6) is 0 Å². The average molecular weight is 168 g/mol. The lowest BCUT2D eigenvalue weighted by Crippen LogP contribution is -2.44. The molecule has 0 radical (unpaired) electrons. The van der Waals surface area contributed by atoms with Crippen molar-refractivity contribution in [3.63, 3.8) is 0 Å². The zero-order chi connectivity index (χ0) is 8.81. The van der Waals surface area contributed by atoms with Gasteiger partial charge in [-0.25, -0.2) is 0 Å². The molecule has 0 saturated carbocycles. The molecular weight excluding hydrogens is 148 g/mol. The summed E-state index contributed by atoms with van der Waals surface area (Å²) >= 11 is 0. The molecule has 70 valence electrons. The average Bonchev–Trinajstić information content (AvgIpc) is 2.16. The molecule has 0 aromatic heterocycles. The number of nitrogens with zero attached hydrogens (tertiary/aromatic N) is 1. The van der Waals surface area contributed by atoms with Crippen molar-refractivity contribution in [2.45, 2.75) is 20.3 Å². The van der Waals surface area contributed by atoms with Gasteiger partial charge in [0.25, 0.3) is 0 Å². The summed E-state index contributed by atoms with van der Waals surface area (Å²) < 4.78 is 0. The molecule has 0 unspecified atom stereocenters. The topological polar surface area (TPSA) is 15.3 Å². The Bertz CT molecular complexity index is 146. The van der Waals surface area contributed by atoms with Crippen LogP contribution in [0.4, 0.5) is 0 Å². The minimum atomic E-state index is 1.15. The highest BCUT2D eigenvalue weighted by Crippen LogP contribution is 2.04. The van der Waals surface area contributed by atoms with Gasteiger partial charge in [0.1, 0.15) is 0 Å². The molecule has 1 N–H and O–H groups in total. The molecule has 1 rings (SSSR count). The molecule has 0 aromatic carbocycles. The number of nitrogens with one attached hydrogen (secondary N) is 1. The van der Waals surface area contributed by atoms with E-state index in [-0.39, 0.29) is 0 Å². The Balaban J connectivity index is 2.28. The molecule has 12 heavy (non-hydrogen) atoms. The molecule has 0 atom stereocenters. The zero-order valence-corrected chi connectivity index (χ0v) is 8.27. The van der Waals surface area contributed by atoms with E-state index < -0.39 is 0 Å². The summed E-state index contributed by atoms with van der Waals surface area (Å²) in [7, 11) is 0. The van der Waals surface area contributed by atoms with Crippen molar-refractivity contribution in [1.82, 2.24) is 10.2 Å². The van der Waals surface area contributed by atoms with Gasteiger partial charge in [-0.05, 0) is 13.3 Å². The molecule has 1 aliphatic heterocycles. The summed E-state index contributed by atoms with van der Waals surface area (Å²) in [5.74, 6) is 0. The Morgan fingerprint density at radius 2 is 2.08 bits per heavy atom. The number of allylic oxidation sites excluding steroid dienone is 1. The maximum absolute atomic E-state index is 3.36. The van der Waals surface area contributed by atoms with Gasteiger partial charge in [0, 0.05) is 32.7 Å². The Kier molecular flexibility index (Phi) is 4.33. The Labute approximate surface area is 75.6 Å². The standard InChI is InChI=1S/C10H20N2/c1-3-10(4-2)9-12-7-5-11-6-8-12/h3,11H,4-9H2,1-2H3/b10-3-. The van der Waals surface area contributed by atoms with Crippen LogP contribution in [0.2, 0.25) is 0 Å². The lowest BCUT2D eigenvalue weighted by atomic mass is 10.2. The second-order valence-corrected chi connectivity index (χ2v) is 3.33. The summed E-state index contributed by atoms with van der Waals surface area (Å²) in [5.41, 5.74) is 1.57. The predicted octanol–water partition coefficient (Wildman–Crippen LogP) is 1.25. The lowest BCUT2D eigenvalue weighted by Gasteiger charge is -2.27. The van der Waals surface area contributed by atoms with E-state index in [4.69, 9.17) is 0 Å². The Morgan fingerprint density at radius 1 is 1.42 bits per heavy atom. The largest absolute Gasteiger partial charge is 0.314 e. The van der Waals surface area contributed by atoms with Crippen LogP contribution in [-0.4, -0.2) is 37.6 Å². The minimum absolute atomic E-state index is 1.15. The maximum atomic E-state index is 3.36. The fourth-order valence-corrected chi connectivity index (χ4v) is 1.56. The quantitative estimate of drug-likeness (QED) is 0.638. The van der Waals surface area contributed by atoms with Gasteiger partial charge < -0.3 is 5.32 Å². The molecular formula is C10H20N2. The van der Waals surface area contributed by atoms with Gasteiger partial charge in [-0.3, -0.25) is 4.90 Å². The van der Waals surface area contributed by atoms with Crippen LogP contribution in [0.25, 0.3) is 0 Å². The summed E-state index contributed by atoms with van der Waals surface area (Å²) in [6, 6.07) is 0. The van der Waals surface area contributed by atoms with Gasteiger partial charge in [-0.1, -0.05) is 18.6 Å². The first-order valence-corrected chi connectivity index (χ1v) is 4.94. The molecule has 1 aliphatic rings. The highest BCUT2D eigenvalue weighted by molar-refractivity contribution is 5.02. The molecule has 1 saturated heterocycles. The smallest absolute Gasteiger partial charge is 0.0193 e. The predicted molar refractivity (Wildman–Crippen MR) is 53.4 cm³/mol. The summed E-state index contributed by atoms with van der Waals surface area (Å²) in [6.45, 7) is 10.3. The fraction of sp³-hybridized carbons (Fsp3) is 0.800. The zero-order valence-electron chi connectivity index (χ0n) is 8.27. The summed E-state index contributed by atoms with van der Waals surface area (Å²) in [5, 5.41) is 3.36. The molecule has 0 aromatic rings. The van der Waals surface area contributed by atoms with E-state index in [1.165, 1.54) is 26.1 Å². The SMILES string of the molecule is C/C=C(/CC)CN1CCNCC1. The molecule has 0 amide bonds. The molecule has 0 bridgehead atoms. The van der Waals surface area contributed by atoms with Crippen LogP contribution in [0.15, 0.2) is 11.6 Å². The van der Waals surface area contributed by atoms with Gasteiger partial charge in [0.15, 0.2) is 0 Å². The maximum Gasteiger partial charge on any atom is 0.0193 e. The van der Waals surface area contributed by atoms with E-state index in [0.29, 0.717) is 0 Å². The number of piperazine rings is 1. The van der Waals surface area contributed by atoms with Gasteiger partial charge >= 0.3 is 0 Å². The first kappa shape index (κ1) is 9.75. The van der Waals surface area contributed by atoms with E-state index in [2.05, 4.69) is 30.1 Å². The fourth-order valence-electron chi connectivity index (χ4n) is 1.56. The van der Waals surface area contributed by atoms with Gasteiger partial charge in [0.05, 0.1) is 0 Å². The van der Waals surface area contributed by atoms with Crippen molar-refractivity contribution in [3.05, 3.63) is 11.6 Å². The van der Waals surface area contributed by atoms with Crippen LogP contribution in [0.3, 0.4) is 0 Å². The van der Waals surface area contributed by atoms with E-state index >= 15 is 0 Å². The summed E-state index contributed by atoms with van der Waals surface area (Å²) in [4.78, 5) is 2.52. The van der Waals surface area contributed by atoms with E-state index in [9.17, 15) is 0 Å². The van der Waals surface area contributed by atoms with Crippen molar-refractivity contribution in [2.75, 3.05) is 32.7 Å². The molecule has 2 nitrogen and oxygen atoms in total. The normalized spacial score (nSPS) is 21.3. The van der Waals surface area contributed by atoms with Crippen molar-refractivity contribution >= 4 is 0 Å². The minimum Gasteiger partial charge on any atom is -0.314 e. The van der Waals surface area contributed by atoms with Crippen LogP contribution in [0.1, 0.15) is 20.3 Å². The van der Waals surface area contributed by atoms with E-state index in [1.54, 1.807) is 5.57 Å². The highest BCUT2D eigenvalue weighted by atomic mass is 15.2. The summed E-state index contributed by atoms with van der Waals surface area (Å²) in [6.07, 6.45) is 3.45. The van der Waals surface area contributed by atoms with Gasteiger partial charge in [-0.15, -0.1) is 0 Å². The number of rotatable bonds is 3. The molecule has 0 aliphatic carbocycles. The lowest BCUT2D eigenvalue weighted by molar-refractivity contribution is 0.258. The van der Waals surface area contributed by atoms with E-state index in [1.807, 2.05) is 0 Å². The Hall–Kier alpha value is -0.340. The van der Waals surface area contributed by atoms with Crippen molar-refractivity contribution in [3.8, 4) is 0 Å². The number of hydrogen-bond acceptors (Lipinski definition) is 2. The van der Waals surface area contributed by atoms with Crippen molar-refractivity contribution in [2.24, 2.45) is 0 Å². The van der Waals surface area contributed by atoms with Crippen molar-refractivity contribution in [1.29, 1.82) is 0 Å². The van der Waals surface area contributed by atoms with Crippen molar-refractivity contribution < 1.29 is 0 Å². The molecule has 0 spiro atoms. The third-order valence-corrected chi connectivity index (χ3v) is 2.50. The monoisotopic (exact) mass is 168 g/mol.